The zero-order chi connectivity index (χ0) is 34.5. The number of amides is 5. The maximum atomic E-state index is 13.5. The smallest absolute Gasteiger partial charge is 0.407 e. The van der Waals surface area contributed by atoms with Gasteiger partial charge in [0.25, 0.3) is 5.91 Å². The summed E-state index contributed by atoms with van der Waals surface area (Å²) < 4.78 is 5.20. The van der Waals surface area contributed by atoms with Gasteiger partial charge in [-0.3, -0.25) is 24.0 Å². The molecule has 13 nitrogen and oxygen atoms in total. The number of Topliss-reactive ketones (excluding diaryl/α,β-unsaturated/α-hetero) is 1. The molecule has 1 aromatic carbocycles. The predicted octanol–water partition coefficient (Wildman–Crippen LogP) is 2.09. The lowest BCUT2D eigenvalue weighted by molar-refractivity contribution is -0.143. The third kappa shape index (κ3) is 10.8. The fourth-order valence-corrected chi connectivity index (χ4v) is 5.53. The van der Waals surface area contributed by atoms with E-state index < -0.39 is 53.8 Å². The van der Waals surface area contributed by atoms with Crippen molar-refractivity contribution in [3.8, 4) is 0 Å². The Morgan fingerprint density at radius 2 is 1.77 bits per heavy atom. The lowest BCUT2D eigenvalue weighted by Crippen LogP contribution is -2.57. The number of hydrogen-bond acceptors (Lipinski definition) is 8. The second kappa shape index (κ2) is 18.1. The molecule has 3 unspecified atom stereocenters. The highest BCUT2D eigenvalue weighted by atomic mass is 16.5. The fourth-order valence-electron chi connectivity index (χ4n) is 5.53. The van der Waals surface area contributed by atoms with Crippen LogP contribution < -0.4 is 26.6 Å². The summed E-state index contributed by atoms with van der Waals surface area (Å²) in [6.45, 7) is 10.3. The van der Waals surface area contributed by atoms with Crippen molar-refractivity contribution in [3.63, 3.8) is 0 Å². The molecule has 0 aromatic heterocycles. The summed E-state index contributed by atoms with van der Waals surface area (Å²) in [6, 6.07) is 5.91. The van der Waals surface area contributed by atoms with E-state index in [4.69, 9.17) is 4.74 Å². The Balaban J connectivity index is 1.57. The summed E-state index contributed by atoms with van der Waals surface area (Å²) in [5.74, 6) is -2.80. The van der Waals surface area contributed by atoms with E-state index in [1.807, 2.05) is 57.2 Å². The highest BCUT2D eigenvalue weighted by Crippen LogP contribution is 2.21. The minimum absolute atomic E-state index is 0.134. The summed E-state index contributed by atoms with van der Waals surface area (Å²) in [7, 11) is 0. The average molecular weight is 655 g/mol. The SMILES string of the molecule is CCCC(NC(=O)[C@@H]1CCCN1C(=O)C(NC(=O)OCC(C)C)C(C)C)C(=O)C(=O)NCCC1=CCNC(=O)C(c2ccccc2)N1. The number of likely N-dealkylation sites (tertiary alicyclic amines) is 1. The molecule has 0 spiro atoms. The summed E-state index contributed by atoms with van der Waals surface area (Å²) in [5.41, 5.74) is 1.55. The van der Waals surface area contributed by atoms with Crippen LogP contribution in [-0.4, -0.2) is 84.8 Å². The van der Waals surface area contributed by atoms with Crippen LogP contribution in [-0.2, 0) is 28.7 Å². The first kappa shape index (κ1) is 37.0. The molecule has 0 radical (unpaired) electrons. The van der Waals surface area contributed by atoms with Crippen LogP contribution in [0.4, 0.5) is 4.79 Å². The second-order valence-corrected chi connectivity index (χ2v) is 12.7. The first-order valence-electron chi connectivity index (χ1n) is 16.6. The Morgan fingerprint density at radius 3 is 2.43 bits per heavy atom. The number of nitrogens with zero attached hydrogens (tertiary/aromatic N) is 1. The van der Waals surface area contributed by atoms with Gasteiger partial charge in [0.15, 0.2) is 0 Å². The van der Waals surface area contributed by atoms with Crippen LogP contribution in [0.5, 0.6) is 0 Å². The van der Waals surface area contributed by atoms with Crippen LogP contribution in [0.2, 0.25) is 0 Å². The van der Waals surface area contributed by atoms with Crippen LogP contribution in [0.15, 0.2) is 42.1 Å². The Bertz CT molecular complexity index is 1300. The minimum Gasteiger partial charge on any atom is -0.449 e. The first-order valence-corrected chi connectivity index (χ1v) is 16.6. The molecule has 1 fully saturated rings. The number of carbonyl (C=O) groups excluding carboxylic acids is 6. The van der Waals surface area contributed by atoms with E-state index in [0.717, 1.165) is 11.3 Å². The topological polar surface area (TPSA) is 175 Å². The molecule has 2 aliphatic heterocycles. The van der Waals surface area contributed by atoms with Gasteiger partial charge in [0, 0.05) is 31.8 Å². The van der Waals surface area contributed by atoms with Gasteiger partial charge in [-0.2, -0.15) is 0 Å². The van der Waals surface area contributed by atoms with Gasteiger partial charge in [-0.1, -0.05) is 71.4 Å². The van der Waals surface area contributed by atoms with Gasteiger partial charge in [-0.15, -0.1) is 0 Å². The van der Waals surface area contributed by atoms with E-state index in [1.54, 1.807) is 13.8 Å². The molecule has 1 saturated heterocycles. The third-order valence-corrected chi connectivity index (χ3v) is 8.06. The normalized spacial score (nSPS) is 19.1. The molecule has 0 aliphatic carbocycles. The Hall–Kier alpha value is -4.42. The highest BCUT2D eigenvalue weighted by molar-refractivity contribution is 6.38. The predicted molar refractivity (Wildman–Crippen MR) is 176 cm³/mol. The lowest BCUT2D eigenvalue weighted by Gasteiger charge is -2.31. The number of hydrogen-bond donors (Lipinski definition) is 5. The van der Waals surface area contributed by atoms with Crippen molar-refractivity contribution in [2.45, 2.75) is 90.9 Å². The average Bonchev–Trinajstić information content (AvgIpc) is 3.46. The molecular formula is C34H50N6O7. The fraction of sp³-hybridized carbons (Fsp3) is 0.588. The number of alkyl carbamates (subject to hydrolysis) is 1. The zero-order valence-corrected chi connectivity index (χ0v) is 28.1. The van der Waals surface area contributed by atoms with E-state index in [9.17, 15) is 28.8 Å². The third-order valence-electron chi connectivity index (χ3n) is 8.06. The van der Waals surface area contributed by atoms with E-state index in [0.29, 0.717) is 38.8 Å². The molecule has 47 heavy (non-hydrogen) atoms. The molecule has 0 bridgehead atoms. The standard InChI is InChI=1S/C34H50N6O7/c1-6-11-25(29(41)32(44)36-18-16-24-15-17-35-31(43)28(37-24)23-12-8-7-9-13-23)38-30(42)26-14-10-19-40(26)33(45)27(22(4)5)39-34(46)47-20-21(2)3/h7-9,12-13,15,21-22,25-28,37H,6,10-11,14,16-20H2,1-5H3,(H,35,43)(H,36,44)(H,38,42)(H,39,46)/t25?,26-,27?,28?/m0/s1. The molecule has 3 rings (SSSR count). The maximum absolute atomic E-state index is 13.5. The largest absolute Gasteiger partial charge is 0.449 e. The Labute approximate surface area is 277 Å². The van der Waals surface area contributed by atoms with Crippen LogP contribution in [0.3, 0.4) is 0 Å². The van der Waals surface area contributed by atoms with Crippen molar-refractivity contribution in [2.75, 3.05) is 26.2 Å². The van der Waals surface area contributed by atoms with Gasteiger partial charge in [0.2, 0.25) is 23.5 Å². The van der Waals surface area contributed by atoms with Gasteiger partial charge in [0.1, 0.15) is 18.1 Å². The minimum atomic E-state index is -1.06. The van der Waals surface area contributed by atoms with Crippen molar-refractivity contribution in [3.05, 3.63) is 47.7 Å². The van der Waals surface area contributed by atoms with Crippen molar-refractivity contribution >= 4 is 35.5 Å². The molecule has 1 aromatic rings. The molecular weight excluding hydrogens is 604 g/mol. The van der Waals surface area contributed by atoms with Crippen LogP contribution in [0, 0.1) is 11.8 Å². The molecule has 258 valence electrons. The first-order chi connectivity index (χ1) is 22.4. The Morgan fingerprint density at radius 1 is 1.04 bits per heavy atom. The van der Waals surface area contributed by atoms with E-state index in [1.165, 1.54) is 4.90 Å². The maximum Gasteiger partial charge on any atom is 0.407 e. The van der Waals surface area contributed by atoms with Crippen LogP contribution >= 0.6 is 0 Å². The number of benzene rings is 1. The van der Waals surface area contributed by atoms with Gasteiger partial charge < -0.3 is 36.2 Å². The van der Waals surface area contributed by atoms with Crippen molar-refractivity contribution in [1.29, 1.82) is 0 Å². The van der Waals surface area contributed by atoms with Gasteiger partial charge >= 0.3 is 6.09 Å². The molecule has 4 atom stereocenters. The summed E-state index contributed by atoms with van der Waals surface area (Å²) >= 11 is 0. The van der Waals surface area contributed by atoms with E-state index in [2.05, 4.69) is 26.6 Å². The zero-order valence-electron chi connectivity index (χ0n) is 28.1. The summed E-state index contributed by atoms with van der Waals surface area (Å²) in [4.78, 5) is 79.4. The lowest BCUT2D eigenvalue weighted by atomic mass is 10.0. The quantitative estimate of drug-likeness (QED) is 0.179. The van der Waals surface area contributed by atoms with Crippen LogP contribution in [0.25, 0.3) is 0 Å². The summed E-state index contributed by atoms with van der Waals surface area (Å²) in [6.07, 6.45) is 3.24. The Kier molecular flexibility index (Phi) is 14.2. The van der Waals surface area contributed by atoms with Crippen molar-refractivity contribution in [2.24, 2.45) is 11.8 Å². The summed E-state index contributed by atoms with van der Waals surface area (Å²) in [5, 5.41) is 14.1. The molecule has 5 amide bonds. The monoisotopic (exact) mass is 654 g/mol. The molecule has 2 heterocycles. The van der Waals surface area contributed by atoms with Gasteiger partial charge in [-0.25, -0.2) is 4.79 Å². The molecule has 5 N–H and O–H groups in total. The number of nitrogens with one attached hydrogen (secondary N) is 5. The van der Waals surface area contributed by atoms with Gasteiger partial charge in [0.05, 0.1) is 12.6 Å². The number of ketones is 1. The second-order valence-electron chi connectivity index (χ2n) is 12.7. The highest BCUT2D eigenvalue weighted by Gasteiger charge is 2.40. The van der Waals surface area contributed by atoms with Crippen molar-refractivity contribution in [1.82, 2.24) is 31.5 Å². The van der Waals surface area contributed by atoms with E-state index >= 15 is 0 Å². The number of ether oxygens (including phenoxy) is 1. The van der Waals surface area contributed by atoms with Crippen molar-refractivity contribution < 1.29 is 33.5 Å². The van der Waals surface area contributed by atoms with Crippen LogP contribution in [0.1, 0.15) is 78.3 Å². The van der Waals surface area contributed by atoms with Gasteiger partial charge in [-0.05, 0) is 42.7 Å². The molecule has 0 saturated carbocycles. The molecule has 13 heteroatoms. The van der Waals surface area contributed by atoms with E-state index in [-0.39, 0.29) is 37.3 Å². The molecule has 2 aliphatic rings. The number of rotatable bonds is 15. The number of carbonyl (C=O) groups is 6.